The van der Waals surface area contributed by atoms with Crippen molar-refractivity contribution >= 4 is 11.9 Å². The molecular formula is C18H30N2O3. The number of carbonyl (C=O) groups excluding carboxylic acids is 1. The first-order valence-electron chi connectivity index (χ1n) is 9.23. The second kappa shape index (κ2) is 6.80. The number of likely N-dealkylation sites (tertiary alicyclic amines) is 2. The number of carboxylic acid groups (broad SMARTS) is 1. The number of aliphatic carboxylic acids is 1. The van der Waals surface area contributed by atoms with E-state index in [-0.39, 0.29) is 11.8 Å². The van der Waals surface area contributed by atoms with Gasteiger partial charge in [0.05, 0.1) is 5.92 Å². The van der Waals surface area contributed by atoms with Crippen LogP contribution in [0.2, 0.25) is 0 Å². The second-order valence-corrected chi connectivity index (χ2v) is 7.99. The lowest BCUT2D eigenvalue weighted by atomic mass is 9.84. The van der Waals surface area contributed by atoms with Gasteiger partial charge in [0.15, 0.2) is 0 Å². The predicted molar refractivity (Wildman–Crippen MR) is 88.0 cm³/mol. The van der Waals surface area contributed by atoms with Gasteiger partial charge in [0, 0.05) is 38.1 Å². The third kappa shape index (κ3) is 3.39. The van der Waals surface area contributed by atoms with Gasteiger partial charge in [0.1, 0.15) is 0 Å². The van der Waals surface area contributed by atoms with Gasteiger partial charge in [0.2, 0.25) is 5.91 Å². The van der Waals surface area contributed by atoms with Gasteiger partial charge in [-0.1, -0.05) is 20.3 Å². The van der Waals surface area contributed by atoms with Crippen molar-refractivity contribution < 1.29 is 14.7 Å². The molecule has 0 unspecified atom stereocenters. The average molecular weight is 322 g/mol. The maximum atomic E-state index is 12.3. The van der Waals surface area contributed by atoms with E-state index in [2.05, 4.69) is 18.7 Å². The molecule has 3 fully saturated rings. The molecule has 0 bridgehead atoms. The van der Waals surface area contributed by atoms with Gasteiger partial charge in [-0.3, -0.25) is 14.5 Å². The Balaban J connectivity index is 1.53. The summed E-state index contributed by atoms with van der Waals surface area (Å²) >= 11 is 0. The number of nitrogens with zero attached hydrogens (tertiary/aromatic N) is 2. The molecule has 0 spiro atoms. The molecule has 2 saturated heterocycles. The van der Waals surface area contributed by atoms with E-state index in [1.165, 1.54) is 6.42 Å². The highest BCUT2D eigenvalue weighted by atomic mass is 16.4. The van der Waals surface area contributed by atoms with Gasteiger partial charge in [-0.15, -0.1) is 0 Å². The molecule has 1 N–H and O–H groups in total. The number of carbonyl (C=O) groups is 2. The fourth-order valence-corrected chi connectivity index (χ4v) is 4.46. The van der Waals surface area contributed by atoms with E-state index in [1.54, 1.807) is 0 Å². The molecule has 1 saturated carbocycles. The minimum atomic E-state index is -0.649. The highest BCUT2D eigenvalue weighted by molar-refractivity contribution is 5.79. The molecule has 2 atom stereocenters. The molecule has 0 aromatic heterocycles. The number of amides is 1. The Morgan fingerprint density at radius 1 is 1.04 bits per heavy atom. The quantitative estimate of drug-likeness (QED) is 0.861. The molecule has 2 aliphatic heterocycles. The largest absolute Gasteiger partial charge is 0.481 e. The van der Waals surface area contributed by atoms with Crippen molar-refractivity contribution in [3.8, 4) is 0 Å². The van der Waals surface area contributed by atoms with Crippen molar-refractivity contribution in [1.82, 2.24) is 9.80 Å². The number of carboxylic acids is 1. The molecule has 130 valence electrons. The van der Waals surface area contributed by atoms with Crippen LogP contribution in [0.5, 0.6) is 0 Å². The van der Waals surface area contributed by atoms with E-state index in [0.29, 0.717) is 30.3 Å². The minimum Gasteiger partial charge on any atom is -0.481 e. The zero-order chi connectivity index (χ0) is 16.6. The van der Waals surface area contributed by atoms with Crippen molar-refractivity contribution in [3.05, 3.63) is 0 Å². The van der Waals surface area contributed by atoms with Crippen LogP contribution in [0.4, 0.5) is 0 Å². The summed E-state index contributed by atoms with van der Waals surface area (Å²) in [6.07, 6.45) is 5.33. The molecule has 0 radical (unpaired) electrons. The molecule has 2 heterocycles. The van der Waals surface area contributed by atoms with E-state index in [4.69, 9.17) is 0 Å². The van der Waals surface area contributed by atoms with Gasteiger partial charge in [-0.2, -0.15) is 0 Å². The lowest BCUT2D eigenvalue weighted by molar-refractivity contribution is -0.143. The predicted octanol–water partition coefficient (Wildman–Crippen LogP) is 2.07. The third-order valence-corrected chi connectivity index (χ3v) is 6.31. The summed E-state index contributed by atoms with van der Waals surface area (Å²) in [6.45, 7) is 7.53. The van der Waals surface area contributed by atoms with Crippen LogP contribution in [-0.4, -0.2) is 59.0 Å². The summed E-state index contributed by atoms with van der Waals surface area (Å²) in [7, 11) is 0. The lowest BCUT2D eigenvalue weighted by Gasteiger charge is -2.39. The lowest BCUT2D eigenvalue weighted by Crippen LogP contribution is -2.48. The Hall–Kier alpha value is -1.10. The van der Waals surface area contributed by atoms with Crippen LogP contribution >= 0.6 is 0 Å². The molecule has 1 amide bonds. The summed E-state index contributed by atoms with van der Waals surface area (Å²) in [6, 6.07) is 0.450. The fraction of sp³-hybridized carbons (Fsp3) is 0.889. The Kier molecular flexibility index (Phi) is 4.95. The van der Waals surface area contributed by atoms with Gasteiger partial charge in [-0.05, 0) is 37.5 Å². The zero-order valence-electron chi connectivity index (χ0n) is 14.4. The van der Waals surface area contributed by atoms with Crippen molar-refractivity contribution in [2.75, 3.05) is 26.2 Å². The Bertz CT molecular complexity index is 453. The van der Waals surface area contributed by atoms with Crippen LogP contribution in [0.15, 0.2) is 0 Å². The summed E-state index contributed by atoms with van der Waals surface area (Å²) in [5.74, 6) is 0.427. The topological polar surface area (TPSA) is 60.9 Å². The van der Waals surface area contributed by atoms with Gasteiger partial charge >= 0.3 is 5.97 Å². The first-order valence-corrected chi connectivity index (χ1v) is 9.23. The van der Waals surface area contributed by atoms with E-state index >= 15 is 0 Å². The molecule has 3 aliphatic rings. The molecule has 1 aliphatic carbocycles. The van der Waals surface area contributed by atoms with Gasteiger partial charge in [-0.25, -0.2) is 0 Å². The van der Waals surface area contributed by atoms with E-state index < -0.39 is 5.97 Å². The van der Waals surface area contributed by atoms with Gasteiger partial charge in [0.25, 0.3) is 0 Å². The number of piperidine rings is 1. The number of hydrogen-bond donors (Lipinski definition) is 1. The number of hydrogen-bond acceptors (Lipinski definition) is 3. The smallest absolute Gasteiger partial charge is 0.308 e. The summed E-state index contributed by atoms with van der Waals surface area (Å²) < 4.78 is 0. The molecule has 0 aromatic rings. The van der Waals surface area contributed by atoms with E-state index in [1.807, 2.05) is 4.90 Å². The summed E-state index contributed by atoms with van der Waals surface area (Å²) in [5.41, 5.74) is 0. The third-order valence-electron chi connectivity index (χ3n) is 6.31. The molecule has 23 heavy (non-hydrogen) atoms. The summed E-state index contributed by atoms with van der Waals surface area (Å²) in [5, 5.41) is 9.48. The van der Waals surface area contributed by atoms with Crippen molar-refractivity contribution in [2.24, 2.45) is 23.7 Å². The molecule has 5 heteroatoms. The highest BCUT2D eigenvalue weighted by Gasteiger charge is 2.42. The molecule has 5 nitrogen and oxygen atoms in total. The van der Waals surface area contributed by atoms with Crippen molar-refractivity contribution in [2.45, 2.75) is 52.0 Å². The first-order chi connectivity index (χ1) is 11.0. The zero-order valence-corrected chi connectivity index (χ0v) is 14.4. The monoisotopic (exact) mass is 322 g/mol. The normalized spacial score (nSPS) is 30.7. The molecule has 3 rings (SSSR count). The van der Waals surface area contributed by atoms with Crippen molar-refractivity contribution in [3.63, 3.8) is 0 Å². The Morgan fingerprint density at radius 3 is 2.13 bits per heavy atom. The van der Waals surface area contributed by atoms with Crippen LogP contribution in [0.1, 0.15) is 46.0 Å². The van der Waals surface area contributed by atoms with Crippen LogP contribution in [0, 0.1) is 23.7 Å². The average Bonchev–Trinajstić information content (AvgIpc) is 2.91. The SMILES string of the molecule is CC(C)[C@@H]1CN(C2CCN(C(=O)C3CCC3)CC2)C[C@H]1C(=O)O. The number of rotatable bonds is 4. The van der Waals surface area contributed by atoms with Crippen LogP contribution in [0.25, 0.3) is 0 Å². The maximum Gasteiger partial charge on any atom is 0.308 e. The maximum absolute atomic E-state index is 12.3. The molecular weight excluding hydrogens is 292 g/mol. The van der Waals surface area contributed by atoms with Crippen molar-refractivity contribution in [1.29, 1.82) is 0 Å². The van der Waals surface area contributed by atoms with Crippen LogP contribution in [-0.2, 0) is 9.59 Å². The highest BCUT2D eigenvalue weighted by Crippen LogP contribution is 2.34. The fourth-order valence-electron chi connectivity index (χ4n) is 4.46. The van der Waals surface area contributed by atoms with E-state index in [0.717, 1.165) is 45.3 Å². The van der Waals surface area contributed by atoms with E-state index in [9.17, 15) is 14.7 Å². The Labute approximate surface area is 139 Å². The summed E-state index contributed by atoms with van der Waals surface area (Å²) in [4.78, 5) is 28.3. The first kappa shape index (κ1) is 16.7. The van der Waals surface area contributed by atoms with Crippen LogP contribution < -0.4 is 0 Å². The van der Waals surface area contributed by atoms with Crippen LogP contribution in [0.3, 0.4) is 0 Å². The molecule has 0 aromatic carbocycles. The Morgan fingerprint density at radius 2 is 1.70 bits per heavy atom. The minimum absolute atomic E-state index is 0.232. The second-order valence-electron chi connectivity index (χ2n) is 7.99. The van der Waals surface area contributed by atoms with Gasteiger partial charge < -0.3 is 10.0 Å². The standard InChI is InChI=1S/C18H30N2O3/c1-12(2)15-10-20(11-16(15)18(22)23)14-6-8-19(9-7-14)17(21)13-4-3-5-13/h12-16H,3-11H2,1-2H3,(H,22,23)/t15-,16+/m0/s1.